The lowest BCUT2D eigenvalue weighted by molar-refractivity contribution is -0.113. The Morgan fingerprint density at radius 1 is 1.23 bits per heavy atom. The van der Waals surface area contributed by atoms with Crippen molar-refractivity contribution >= 4 is 56.5 Å². The summed E-state index contributed by atoms with van der Waals surface area (Å²) in [5, 5.41) is 6.63. The molecule has 31 heavy (non-hydrogen) atoms. The normalized spacial score (nSPS) is 11.1. The van der Waals surface area contributed by atoms with Gasteiger partial charge in [-0.05, 0) is 49.2 Å². The minimum absolute atomic E-state index is 0.0970. The van der Waals surface area contributed by atoms with E-state index in [0.717, 1.165) is 22.4 Å². The average molecular weight is 470 g/mol. The summed E-state index contributed by atoms with van der Waals surface area (Å²) in [4.78, 5) is 31.0. The number of rotatable bonds is 6. The third-order valence-electron chi connectivity index (χ3n) is 4.76. The molecule has 5 nitrogen and oxygen atoms in total. The molecule has 0 fully saturated rings. The van der Waals surface area contributed by atoms with Crippen LogP contribution in [0.4, 0.5) is 5.69 Å². The van der Waals surface area contributed by atoms with Gasteiger partial charge in [-0.25, -0.2) is 4.98 Å². The Morgan fingerprint density at radius 3 is 2.71 bits per heavy atom. The number of aryl methyl sites for hydroxylation is 1. The Balaban J connectivity index is 1.61. The number of fused-ring (bicyclic) bond motifs is 1. The fourth-order valence-electron chi connectivity index (χ4n) is 3.29. The highest BCUT2D eigenvalue weighted by atomic mass is 35.5. The number of anilines is 1. The van der Waals surface area contributed by atoms with Crippen LogP contribution in [-0.4, -0.2) is 21.2 Å². The van der Waals surface area contributed by atoms with Crippen molar-refractivity contribution in [2.24, 2.45) is 0 Å². The van der Waals surface area contributed by atoms with Gasteiger partial charge in [0.05, 0.1) is 11.1 Å². The number of amides is 1. The van der Waals surface area contributed by atoms with E-state index < -0.39 is 0 Å². The molecule has 0 atom stereocenters. The topological polar surface area (TPSA) is 64.0 Å². The van der Waals surface area contributed by atoms with E-state index in [1.165, 1.54) is 23.1 Å². The molecule has 0 saturated heterocycles. The third-order valence-corrected chi connectivity index (χ3v) is 6.86. The minimum Gasteiger partial charge on any atom is -0.325 e. The molecule has 2 aromatic heterocycles. The van der Waals surface area contributed by atoms with Gasteiger partial charge in [0.2, 0.25) is 5.91 Å². The van der Waals surface area contributed by atoms with Crippen LogP contribution in [0, 0.1) is 6.92 Å². The summed E-state index contributed by atoms with van der Waals surface area (Å²) in [6.45, 7) is 4.35. The van der Waals surface area contributed by atoms with E-state index in [1.54, 1.807) is 4.57 Å². The summed E-state index contributed by atoms with van der Waals surface area (Å²) in [6, 6.07) is 15.1. The number of aromatic nitrogens is 2. The molecule has 2 aromatic carbocycles. The largest absolute Gasteiger partial charge is 0.325 e. The zero-order valence-corrected chi connectivity index (χ0v) is 19.4. The predicted octanol–water partition coefficient (Wildman–Crippen LogP) is 5.84. The van der Waals surface area contributed by atoms with Crippen molar-refractivity contribution in [3.63, 3.8) is 0 Å². The van der Waals surface area contributed by atoms with E-state index in [9.17, 15) is 9.59 Å². The summed E-state index contributed by atoms with van der Waals surface area (Å²) >= 11 is 8.69. The molecular weight excluding hydrogens is 450 g/mol. The highest BCUT2D eigenvalue weighted by Gasteiger charge is 2.17. The molecule has 0 aliphatic carbocycles. The summed E-state index contributed by atoms with van der Waals surface area (Å²) in [5.74, 6) is 0.0297. The predicted molar refractivity (Wildman–Crippen MR) is 131 cm³/mol. The number of carbonyl (C=O) groups excluding carboxylic acids is 1. The Morgan fingerprint density at radius 2 is 2.00 bits per heavy atom. The van der Waals surface area contributed by atoms with Gasteiger partial charge in [0, 0.05) is 28.2 Å². The van der Waals surface area contributed by atoms with Gasteiger partial charge in [0.1, 0.15) is 4.83 Å². The first-order valence-corrected chi connectivity index (χ1v) is 12.0. The second-order valence-corrected chi connectivity index (χ2v) is 9.22. The lowest BCUT2D eigenvalue weighted by Crippen LogP contribution is -2.23. The zero-order valence-electron chi connectivity index (χ0n) is 17.0. The van der Waals surface area contributed by atoms with Gasteiger partial charge in [-0.3, -0.25) is 14.2 Å². The molecule has 158 valence electrons. The lowest BCUT2D eigenvalue weighted by Gasteiger charge is -2.11. The first-order chi connectivity index (χ1) is 15.0. The molecule has 0 spiro atoms. The van der Waals surface area contributed by atoms with Gasteiger partial charge < -0.3 is 5.32 Å². The smallest absolute Gasteiger partial charge is 0.263 e. The molecule has 1 amide bonds. The Labute approximate surface area is 193 Å². The van der Waals surface area contributed by atoms with Crippen LogP contribution < -0.4 is 10.9 Å². The Hall–Kier alpha value is -2.61. The minimum atomic E-state index is -0.138. The standard InChI is InChI=1S/C23H20ClN3O2S2/c1-3-27-22(29)20-18(15-7-9-16(24)10-8-15)12-30-21(20)26-23(27)31-13-19(28)25-17-6-4-5-14(2)11-17/h4-12H,3,13H2,1-2H3,(H,25,28). The molecule has 0 aliphatic heterocycles. The number of thiophene rings is 1. The highest BCUT2D eigenvalue weighted by Crippen LogP contribution is 2.32. The van der Waals surface area contributed by atoms with Crippen molar-refractivity contribution in [3.8, 4) is 11.1 Å². The fourth-order valence-corrected chi connectivity index (χ4v) is 5.26. The van der Waals surface area contributed by atoms with Gasteiger partial charge in [-0.1, -0.05) is 47.6 Å². The molecule has 0 aliphatic rings. The number of nitrogens with zero attached hydrogens (tertiary/aromatic N) is 2. The molecule has 2 heterocycles. The fraction of sp³-hybridized carbons (Fsp3) is 0.174. The second kappa shape index (κ2) is 9.26. The SMILES string of the molecule is CCn1c(SCC(=O)Nc2cccc(C)c2)nc2scc(-c3ccc(Cl)cc3)c2c1=O. The monoisotopic (exact) mass is 469 g/mol. The van der Waals surface area contributed by atoms with Crippen molar-refractivity contribution in [2.75, 3.05) is 11.1 Å². The summed E-state index contributed by atoms with van der Waals surface area (Å²) in [7, 11) is 0. The summed E-state index contributed by atoms with van der Waals surface area (Å²) in [5.41, 5.74) is 3.51. The van der Waals surface area contributed by atoms with Crippen molar-refractivity contribution in [1.82, 2.24) is 9.55 Å². The number of hydrogen-bond acceptors (Lipinski definition) is 5. The third kappa shape index (κ3) is 4.69. The number of benzene rings is 2. The van der Waals surface area contributed by atoms with Crippen LogP contribution in [0.2, 0.25) is 5.02 Å². The van der Waals surface area contributed by atoms with E-state index in [0.29, 0.717) is 26.9 Å². The molecule has 4 aromatic rings. The van der Waals surface area contributed by atoms with E-state index in [4.69, 9.17) is 16.6 Å². The van der Waals surface area contributed by atoms with Gasteiger partial charge in [-0.2, -0.15) is 0 Å². The van der Waals surface area contributed by atoms with E-state index in [1.807, 2.05) is 67.8 Å². The van der Waals surface area contributed by atoms with Crippen LogP contribution >= 0.6 is 34.7 Å². The van der Waals surface area contributed by atoms with Gasteiger partial charge in [0.15, 0.2) is 5.16 Å². The maximum Gasteiger partial charge on any atom is 0.263 e. The molecule has 0 unspecified atom stereocenters. The quantitative estimate of drug-likeness (QED) is 0.284. The maximum atomic E-state index is 13.3. The average Bonchev–Trinajstić information content (AvgIpc) is 3.17. The molecule has 0 radical (unpaired) electrons. The maximum absolute atomic E-state index is 13.3. The van der Waals surface area contributed by atoms with E-state index in [-0.39, 0.29) is 17.2 Å². The number of thioether (sulfide) groups is 1. The summed E-state index contributed by atoms with van der Waals surface area (Å²) in [6.07, 6.45) is 0. The van der Waals surface area contributed by atoms with Crippen LogP contribution in [0.3, 0.4) is 0 Å². The van der Waals surface area contributed by atoms with Gasteiger partial charge in [-0.15, -0.1) is 11.3 Å². The van der Waals surface area contributed by atoms with Crippen LogP contribution in [0.1, 0.15) is 12.5 Å². The number of halogens is 1. The Bertz CT molecular complexity index is 1310. The highest BCUT2D eigenvalue weighted by molar-refractivity contribution is 7.99. The molecule has 8 heteroatoms. The lowest BCUT2D eigenvalue weighted by atomic mass is 10.1. The Kier molecular flexibility index (Phi) is 6.46. The van der Waals surface area contributed by atoms with Gasteiger partial charge in [0.25, 0.3) is 5.56 Å². The number of hydrogen-bond donors (Lipinski definition) is 1. The molecular formula is C23H20ClN3O2S2. The summed E-state index contributed by atoms with van der Waals surface area (Å²) < 4.78 is 1.62. The van der Waals surface area contributed by atoms with E-state index in [2.05, 4.69) is 5.32 Å². The number of carbonyl (C=O) groups is 1. The number of nitrogens with one attached hydrogen (secondary N) is 1. The molecule has 0 bridgehead atoms. The molecule has 0 saturated carbocycles. The van der Waals surface area contributed by atoms with Crippen molar-refractivity contribution in [1.29, 1.82) is 0 Å². The molecule has 1 N–H and O–H groups in total. The van der Waals surface area contributed by atoms with Crippen molar-refractivity contribution in [2.45, 2.75) is 25.5 Å². The van der Waals surface area contributed by atoms with E-state index >= 15 is 0 Å². The molecule has 4 rings (SSSR count). The zero-order chi connectivity index (χ0) is 22.0. The first-order valence-electron chi connectivity index (χ1n) is 9.73. The van der Waals surface area contributed by atoms with Crippen molar-refractivity contribution < 1.29 is 4.79 Å². The first kappa shape index (κ1) is 21.6. The van der Waals surface area contributed by atoms with Crippen LogP contribution in [0.5, 0.6) is 0 Å². The van der Waals surface area contributed by atoms with Gasteiger partial charge >= 0.3 is 0 Å². The van der Waals surface area contributed by atoms with Crippen molar-refractivity contribution in [3.05, 3.63) is 74.9 Å². The second-order valence-electron chi connectivity index (χ2n) is 6.99. The van der Waals surface area contributed by atoms with Crippen LogP contribution in [-0.2, 0) is 11.3 Å². The van der Waals surface area contributed by atoms with Crippen LogP contribution in [0.25, 0.3) is 21.3 Å². The van der Waals surface area contributed by atoms with Crippen LogP contribution in [0.15, 0.2) is 63.9 Å².